The average molecular weight is 573 g/mol. The molecule has 4 nitrogen and oxygen atoms in total. The number of benzene rings is 2. The number of carbonyl (C=O) groups excluding carboxylic acids is 1. The second-order valence-corrected chi connectivity index (χ2v) is 9.85. The van der Waals surface area contributed by atoms with E-state index >= 15 is 0 Å². The van der Waals surface area contributed by atoms with Gasteiger partial charge in [0.15, 0.2) is 0 Å². The Hall–Kier alpha value is -2.40. The van der Waals surface area contributed by atoms with Crippen LogP contribution in [0.2, 0.25) is 0 Å². The van der Waals surface area contributed by atoms with Gasteiger partial charge in [-0.25, -0.2) is 0 Å². The van der Waals surface area contributed by atoms with Gasteiger partial charge >= 0.3 is 41.9 Å². The number of piperidine rings is 1. The Balaban J connectivity index is 0.00000441. The zero-order valence-corrected chi connectivity index (χ0v) is 23.9. The molecular weight excluding hydrogens is 545 g/mol. The third-order valence-electron chi connectivity index (χ3n) is 7.24. The van der Waals surface area contributed by atoms with Crippen LogP contribution in [-0.4, -0.2) is 22.4 Å². The summed E-state index contributed by atoms with van der Waals surface area (Å²) in [7, 11) is 0. The van der Waals surface area contributed by atoms with E-state index < -0.39 is 41.7 Å². The fourth-order valence-electron chi connectivity index (χ4n) is 5.31. The molecule has 1 aromatic heterocycles. The molecule has 0 saturated carbocycles. The summed E-state index contributed by atoms with van der Waals surface area (Å²) in [6.07, 6.45) is -6.10. The third-order valence-corrected chi connectivity index (χ3v) is 7.24. The summed E-state index contributed by atoms with van der Waals surface area (Å²) in [5.41, 5.74) is 0.345. The van der Waals surface area contributed by atoms with Crippen molar-refractivity contribution >= 4 is 5.97 Å². The Kier molecular flexibility index (Phi) is 10.8. The zero-order valence-electron chi connectivity index (χ0n) is 21.9. The van der Waals surface area contributed by atoms with E-state index in [1.54, 1.807) is 0 Å². The molecule has 0 unspecified atom stereocenters. The maximum Gasteiger partial charge on any atom is 1.00 e. The fourth-order valence-corrected chi connectivity index (χ4v) is 5.31. The summed E-state index contributed by atoms with van der Waals surface area (Å²) in [6, 6.07) is 15.8. The van der Waals surface area contributed by atoms with Crippen LogP contribution in [0.1, 0.15) is 65.7 Å². The van der Waals surface area contributed by atoms with Crippen molar-refractivity contribution in [3.8, 4) is 0 Å². The first kappa shape index (κ1) is 32.1. The molecule has 3 atom stereocenters. The standard InChI is InChI=1S/C29H28F6N2O2.Na/c30-28(31,32)23-10-7-21(8-11-23)25-16-20(17-27(38)39)14-15-37(25)24(12-6-19-4-2-1-3-5-19)22-9-13-26(36-18-22)29(33,34)35;/h1-5,7-11,13,18,20,24-25H,6,12,14-17H2,(H,38,39);/q;+1/p-1/t20-,24-,25+;/m1./s1. The predicted molar refractivity (Wildman–Crippen MR) is 130 cm³/mol. The van der Waals surface area contributed by atoms with Gasteiger partial charge in [-0.05, 0) is 79.5 Å². The van der Waals surface area contributed by atoms with Crippen LogP contribution in [0.4, 0.5) is 26.3 Å². The molecule has 2 aromatic carbocycles. The van der Waals surface area contributed by atoms with Gasteiger partial charge in [-0.3, -0.25) is 9.88 Å². The maximum atomic E-state index is 13.2. The summed E-state index contributed by atoms with van der Waals surface area (Å²) in [5, 5.41) is 11.3. The minimum absolute atomic E-state index is 0. The van der Waals surface area contributed by atoms with Crippen molar-refractivity contribution in [2.75, 3.05) is 6.54 Å². The smallest absolute Gasteiger partial charge is 0.550 e. The van der Waals surface area contributed by atoms with Gasteiger partial charge in [-0.1, -0.05) is 48.5 Å². The minimum Gasteiger partial charge on any atom is -0.550 e. The number of nitrogens with zero attached hydrogens (tertiary/aromatic N) is 2. The van der Waals surface area contributed by atoms with E-state index in [4.69, 9.17) is 0 Å². The van der Waals surface area contributed by atoms with Crippen LogP contribution in [-0.2, 0) is 23.6 Å². The van der Waals surface area contributed by atoms with Crippen LogP contribution in [0.3, 0.4) is 0 Å². The van der Waals surface area contributed by atoms with Gasteiger partial charge in [0.2, 0.25) is 0 Å². The number of carboxylic acid groups (broad SMARTS) is 1. The number of alkyl halides is 6. The normalized spacial score (nSPS) is 19.1. The van der Waals surface area contributed by atoms with Crippen molar-refractivity contribution in [3.63, 3.8) is 0 Å². The largest absolute Gasteiger partial charge is 1.00 e. The summed E-state index contributed by atoms with van der Waals surface area (Å²) >= 11 is 0. The predicted octanol–water partition coefficient (Wildman–Crippen LogP) is 3.39. The molecule has 3 aromatic rings. The number of carboxylic acids is 1. The third kappa shape index (κ3) is 8.31. The number of aromatic nitrogens is 1. The van der Waals surface area contributed by atoms with Crippen LogP contribution in [0, 0.1) is 5.92 Å². The number of aliphatic carboxylic acids is 1. The number of hydrogen-bond acceptors (Lipinski definition) is 4. The van der Waals surface area contributed by atoms with Gasteiger partial charge in [0.05, 0.1) is 5.56 Å². The average Bonchev–Trinajstić information content (AvgIpc) is 2.89. The van der Waals surface area contributed by atoms with E-state index in [0.717, 1.165) is 23.8 Å². The molecule has 0 bridgehead atoms. The topological polar surface area (TPSA) is 56.3 Å². The molecule has 1 aliphatic heterocycles. The van der Waals surface area contributed by atoms with Gasteiger partial charge in [0, 0.05) is 24.2 Å². The molecule has 0 radical (unpaired) electrons. The minimum atomic E-state index is -4.59. The van der Waals surface area contributed by atoms with Crippen molar-refractivity contribution in [2.24, 2.45) is 5.92 Å². The van der Waals surface area contributed by atoms with E-state index in [1.807, 2.05) is 30.3 Å². The molecule has 2 heterocycles. The van der Waals surface area contributed by atoms with Crippen LogP contribution < -0.4 is 34.7 Å². The van der Waals surface area contributed by atoms with E-state index in [-0.39, 0.29) is 41.9 Å². The Labute approximate surface area is 250 Å². The Morgan fingerprint density at radius 2 is 1.62 bits per heavy atom. The van der Waals surface area contributed by atoms with Crippen LogP contribution in [0.15, 0.2) is 72.9 Å². The fraction of sp³-hybridized carbons (Fsp3) is 0.379. The zero-order chi connectivity index (χ0) is 28.2. The molecule has 0 aliphatic carbocycles. The molecule has 0 amide bonds. The number of pyridine rings is 1. The Bertz CT molecular complexity index is 1230. The molecule has 1 saturated heterocycles. The second kappa shape index (κ2) is 13.5. The van der Waals surface area contributed by atoms with Crippen molar-refractivity contribution in [1.82, 2.24) is 9.88 Å². The molecule has 0 N–H and O–H groups in total. The number of halogens is 6. The number of carbonyl (C=O) groups is 1. The first-order valence-electron chi connectivity index (χ1n) is 12.6. The number of rotatable bonds is 8. The SMILES string of the molecule is O=C([O-])C[C@@H]1CCN([C@H](CCc2ccccc2)c2ccc(C(F)(F)F)nc2)[C@H](c2ccc(C(F)(F)F)cc2)C1.[Na+]. The van der Waals surface area contributed by atoms with Crippen molar-refractivity contribution in [1.29, 1.82) is 0 Å². The molecule has 11 heteroatoms. The Morgan fingerprint density at radius 1 is 0.950 bits per heavy atom. The van der Waals surface area contributed by atoms with Gasteiger partial charge in [0.1, 0.15) is 5.69 Å². The first-order chi connectivity index (χ1) is 18.4. The van der Waals surface area contributed by atoms with Gasteiger partial charge in [0.25, 0.3) is 0 Å². The number of likely N-dealkylation sites (tertiary alicyclic amines) is 1. The first-order valence-corrected chi connectivity index (χ1v) is 12.6. The van der Waals surface area contributed by atoms with Gasteiger partial charge < -0.3 is 9.90 Å². The van der Waals surface area contributed by atoms with E-state index in [2.05, 4.69) is 9.88 Å². The molecular formula is C29H27F6N2NaO2. The van der Waals surface area contributed by atoms with Gasteiger partial charge in [-0.15, -0.1) is 0 Å². The van der Waals surface area contributed by atoms with Crippen molar-refractivity contribution in [3.05, 3.63) is 101 Å². The molecule has 1 aliphatic rings. The summed E-state index contributed by atoms with van der Waals surface area (Å²) in [5.74, 6) is -1.45. The van der Waals surface area contributed by atoms with E-state index in [1.165, 1.54) is 24.4 Å². The summed E-state index contributed by atoms with van der Waals surface area (Å²) in [6.45, 7) is 0.407. The quantitative estimate of drug-likeness (QED) is 0.307. The summed E-state index contributed by atoms with van der Waals surface area (Å²) < 4.78 is 79.2. The number of hydrogen-bond donors (Lipinski definition) is 0. The molecule has 0 spiro atoms. The summed E-state index contributed by atoms with van der Waals surface area (Å²) in [4.78, 5) is 17.0. The van der Waals surface area contributed by atoms with Crippen LogP contribution >= 0.6 is 0 Å². The van der Waals surface area contributed by atoms with E-state index in [9.17, 15) is 36.2 Å². The van der Waals surface area contributed by atoms with Crippen LogP contribution in [0.25, 0.3) is 0 Å². The van der Waals surface area contributed by atoms with E-state index in [0.29, 0.717) is 43.4 Å². The second-order valence-electron chi connectivity index (χ2n) is 9.85. The monoisotopic (exact) mass is 572 g/mol. The molecule has 4 rings (SSSR count). The Morgan fingerprint density at radius 3 is 2.17 bits per heavy atom. The van der Waals surface area contributed by atoms with Crippen LogP contribution in [0.5, 0.6) is 0 Å². The molecule has 40 heavy (non-hydrogen) atoms. The molecule has 1 fully saturated rings. The maximum absolute atomic E-state index is 13.2. The van der Waals surface area contributed by atoms with Crippen molar-refractivity contribution in [2.45, 2.75) is 56.5 Å². The molecule has 208 valence electrons. The number of aryl methyl sites for hydroxylation is 1. The van der Waals surface area contributed by atoms with Gasteiger partial charge in [-0.2, -0.15) is 26.3 Å². The van der Waals surface area contributed by atoms with Crippen molar-refractivity contribution < 1.29 is 65.8 Å².